The average molecular weight is 586 g/mol. The van der Waals surface area contributed by atoms with Crippen LogP contribution < -0.4 is 0 Å². The first-order chi connectivity index (χ1) is 19.7. The van der Waals surface area contributed by atoms with E-state index in [1.54, 1.807) is 27.9 Å². The number of nitrogens with zero attached hydrogens (tertiary/aromatic N) is 5. The molecule has 0 radical (unpaired) electrons. The monoisotopic (exact) mass is 585 g/mol. The van der Waals surface area contributed by atoms with Gasteiger partial charge in [0, 0.05) is 26.1 Å². The van der Waals surface area contributed by atoms with Gasteiger partial charge in [-0.05, 0) is 41.2 Å². The molecule has 1 aromatic heterocycles. The second-order valence-electron chi connectivity index (χ2n) is 10.9. The molecule has 1 amide bonds. The molecule has 10 nitrogen and oxygen atoms in total. The zero-order valence-electron chi connectivity index (χ0n) is 23.4. The van der Waals surface area contributed by atoms with Crippen LogP contribution in [0.2, 0.25) is 0 Å². The van der Waals surface area contributed by atoms with Gasteiger partial charge >= 0.3 is 0 Å². The molecule has 1 unspecified atom stereocenters. The number of sulfonamides is 1. The van der Waals surface area contributed by atoms with E-state index in [-0.39, 0.29) is 49.3 Å². The minimum Gasteiger partial charge on any atom is -0.350 e. The Morgan fingerprint density at radius 1 is 1.00 bits per heavy atom. The standard InChI is InChI=1S/C29H36FN5O5S/c1-21(2)17-27-29(36)33(19-26-20-34(32-31-26)12-11-28-39-14-15-40-28)13-16-41(37,38)35(27)18-22-3-5-23(6-4-22)24-7-9-25(30)10-8-24/h3-10,20-21,27-28H,11-19H2,1-2H3. The van der Waals surface area contributed by atoms with Crippen molar-refractivity contribution < 1.29 is 27.1 Å². The summed E-state index contributed by atoms with van der Waals surface area (Å²) in [7, 11) is -3.73. The van der Waals surface area contributed by atoms with Crippen molar-refractivity contribution in [3.63, 3.8) is 0 Å². The molecule has 12 heteroatoms. The zero-order valence-corrected chi connectivity index (χ0v) is 24.2. The van der Waals surface area contributed by atoms with Crippen LogP contribution in [0.1, 0.15) is 37.9 Å². The van der Waals surface area contributed by atoms with Crippen molar-refractivity contribution in [1.29, 1.82) is 0 Å². The summed E-state index contributed by atoms with van der Waals surface area (Å²) in [4.78, 5) is 15.4. The minimum atomic E-state index is -3.73. The number of aryl methyl sites for hydroxylation is 1. The van der Waals surface area contributed by atoms with Crippen molar-refractivity contribution in [2.75, 3.05) is 25.5 Å². The van der Waals surface area contributed by atoms with Gasteiger partial charge in [0.2, 0.25) is 15.9 Å². The maximum absolute atomic E-state index is 13.8. The molecule has 3 aromatic rings. The molecular weight excluding hydrogens is 549 g/mol. The van der Waals surface area contributed by atoms with Crippen LogP contribution in [-0.2, 0) is 43.9 Å². The number of carbonyl (C=O) groups excluding carboxylic acids is 1. The Bertz CT molecular complexity index is 1420. The van der Waals surface area contributed by atoms with Crippen LogP contribution in [0.5, 0.6) is 0 Å². The average Bonchev–Trinajstić information content (AvgIpc) is 3.62. The normalized spacial score (nSPS) is 20.1. The summed E-state index contributed by atoms with van der Waals surface area (Å²) in [5.41, 5.74) is 3.12. The van der Waals surface area contributed by atoms with Crippen molar-refractivity contribution in [3.8, 4) is 11.1 Å². The maximum atomic E-state index is 13.8. The Morgan fingerprint density at radius 2 is 1.66 bits per heavy atom. The SMILES string of the molecule is CC(C)CC1C(=O)N(Cc2cn(CCC3OCCO3)nn2)CCS(=O)(=O)N1Cc1ccc(-c2ccc(F)cc2)cc1. The van der Waals surface area contributed by atoms with E-state index in [9.17, 15) is 17.6 Å². The van der Waals surface area contributed by atoms with E-state index < -0.39 is 16.1 Å². The summed E-state index contributed by atoms with van der Waals surface area (Å²) in [5.74, 6) is -0.611. The highest BCUT2D eigenvalue weighted by Crippen LogP contribution is 2.26. The summed E-state index contributed by atoms with van der Waals surface area (Å²) in [6.07, 6.45) is 2.57. The van der Waals surface area contributed by atoms with Crippen LogP contribution in [0.15, 0.2) is 54.7 Å². The molecule has 0 N–H and O–H groups in total. The largest absolute Gasteiger partial charge is 0.350 e. The summed E-state index contributed by atoms with van der Waals surface area (Å²) in [6, 6.07) is 12.9. The van der Waals surface area contributed by atoms with Crippen LogP contribution >= 0.6 is 0 Å². The van der Waals surface area contributed by atoms with Gasteiger partial charge in [0.15, 0.2) is 6.29 Å². The van der Waals surface area contributed by atoms with E-state index in [2.05, 4.69) is 10.3 Å². The van der Waals surface area contributed by atoms with E-state index in [0.29, 0.717) is 38.3 Å². The molecule has 0 saturated carbocycles. The number of hydrogen-bond donors (Lipinski definition) is 0. The van der Waals surface area contributed by atoms with E-state index in [1.165, 1.54) is 16.4 Å². The molecule has 2 saturated heterocycles. The van der Waals surface area contributed by atoms with Gasteiger partial charge in [-0.1, -0.05) is 55.5 Å². The van der Waals surface area contributed by atoms with Gasteiger partial charge in [-0.15, -0.1) is 5.10 Å². The third kappa shape index (κ3) is 7.37. The lowest BCUT2D eigenvalue weighted by atomic mass is 10.0. The van der Waals surface area contributed by atoms with Crippen LogP contribution in [0, 0.1) is 11.7 Å². The topological polar surface area (TPSA) is 107 Å². The quantitative estimate of drug-likeness (QED) is 0.359. The highest BCUT2D eigenvalue weighted by molar-refractivity contribution is 7.89. The molecular formula is C29H36FN5O5S. The van der Waals surface area contributed by atoms with Gasteiger partial charge in [0.05, 0.1) is 31.7 Å². The highest BCUT2D eigenvalue weighted by atomic mass is 32.2. The summed E-state index contributed by atoms with van der Waals surface area (Å²) >= 11 is 0. The fourth-order valence-electron chi connectivity index (χ4n) is 5.16. The van der Waals surface area contributed by atoms with Crippen LogP contribution in [0.3, 0.4) is 0 Å². The maximum Gasteiger partial charge on any atom is 0.241 e. The lowest BCUT2D eigenvalue weighted by molar-refractivity contribution is -0.136. The van der Waals surface area contributed by atoms with Crippen molar-refractivity contribution in [3.05, 3.63) is 71.8 Å². The molecule has 2 fully saturated rings. The molecule has 41 heavy (non-hydrogen) atoms. The van der Waals surface area contributed by atoms with E-state index >= 15 is 0 Å². The van der Waals surface area contributed by atoms with Crippen LogP contribution in [0.25, 0.3) is 11.1 Å². The van der Waals surface area contributed by atoms with Gasteiger partial charge < -0.3 is 14.4 Å². The number of ether oxygens (including phenoxy) is 2. The highest BCUT2D eigenvalue weighted by Gasteiger charge is 2.41. The molecule has 220 valence electrons. The molecule has 2 aliphatic rings. The third-order valence-electron chi connectivity index (χ3n) is 7.31. The fraction of sp³-hybridized carbons (Fsp3) is 0.483. The zero-order chi connectivity index (χ0) is 29.0. The second kappa shape index (κ2) is 12.8. The van der Waals surface area contributed by atoms with Gasteiger partial charge in [0.1, 0.15) is 17.6 Å². The second-order valence-corrected chi connectivity index (χ2v) is 12.9. The molecule has 5 rings (SSSR count). The summed E-state index contributed by atoms with van der Waals surface area (Å²) < 4.78 is 54.4. The van der Waals surface area contributed by atoms with Gasteiger partial charge in [-0.25, -0.2) is 12.8 Å². The Hall–Kier alpha value is -3.19. The van der Waals surface area contributed by atoms with E-state index in [0.717, 1.165) is 16.7 Å². The molecule has 2 aromatic carbocycles. The lowest BCUT2D eigenvalue weighted by Gasteiger charge is -2.30. The minimum absolute atomic E-state index is 0.0758. The summed E-state index contributed by atoms with van der Waals surface area (Å²) in [5, 5.41) is 8.38. The number of aromatic nitrogens is 3. The number of amides is 1. The first kappa shape index (κ1) is 29.3. The van der Waals surface area contributed by atoms with Gasteiger partial charge in [0.25, 0.3) is 0 Å². The smallest absolute Gasteiger partial charge is 0.241 e. The van der Waals surface area contributed by atoms with Crippen molar-refractivity contribution in [1.82, 2.24) is 24.2 Å². The van der Waals surface area contributed by atoms with Gasteiger partial charge in [-0.3, -0.25) is 9.48 Å². The number of rotatable bonds is 10. The van der Waals surface area contributed by atoms with E-state index in [1.807, 2.05) is 38.1 Å². The van der Waals surface area contributed by atoms with E-state index in [4.69, 9.17) is 9.47 Å². The van der Waals surface area contributed by atoms with Crippen molar-refractivity contribution in [2.45, 2.75) is 58.7 Å². The first-order valence-electron chi connectivity index (χ1n) is 13.9. The number of hydrogen-bond acceptors (Lipinski definition) is 7. The molecule has 0 spiro atoms. The Kier molecular flexibility index (Phi) is 9.12. The lowest BCUT2D eigenvalue weighted by Crippen LogP contribution is -2.47. The Morgan fingerprint density at radius 3 is 2.32 bits per heavy atom. The molecule has 2 aliphatic heterocycles. The number of halogens is 1. The molecule has 3 heterocycles. The van der Waals surface area contributed by atoms with Crippen LogP contribution in [-0.4, -0.2) is 76.4 Å². The number of benzene rings is 2. The fourth-order valence-corrected chi connectivity index (χ4v) is 6.76. The van der Waals surface area contributed by atoms with Gasteiger partial charge in [-0.2, -0.15) is 4.31 Å². The predicted octanol–water partition coefficient (Wildman–Crippen LogP) is 3.44. The third-order valence-corrected chi connectivity index (χ3v) is 9.11. The molecule has 0 aliphatic carbocycles. The predicted molar refractivity (Wildman–Crippen MR) is 150 cm³/mol. The van der Waals surface area contributed by atoms with Crippen LogP contribution in [0.4, 0.5) is 4.39 Å². The molecule has 0 bridgehead atoms. The molecule has 1 atom stereocenters. The van der Waals surface area contributed by atoms with Crippen molar-refractivity contribution in [2.24, 2.45) is 5.92 Å². The Labute approximate surface area is 240 Å². The number of carbonyl (C=O) groups is 1. The van der Waals surface area contributed by atoms with Crippen molar-refractivity contribution >= 4 is 15.9 Å². The Balaban J connectivity index is 1.31. The first-order valence-corrected chi connectivity index (χ1v) is 15.5. The summed E-state index contributed by atoms with van der Waals surface area (Å²) in [6.45, 7) is 6.04.